The Kier molecular flexibility index (Phi) is 3.85. The molecular formula is C11H13FN2O4. The number of amides is 1. The maximum absolute atomic E-state index is 13.3. The monoisotopic (exact) mass is 256 g/mol. The number of benzene rings is 1. The van der Waals surface area contributed by atoms with E-state index in [1.807, 2.05) is 0 Å². The zero-order valence-corrected chi connectivity index (χ0v) is 10.2. The standard InChI is InChI=1S/C11H13FN2O4/c1-11(2,3)18-10(15)13-8-6-4-5-7(12)9(8)14(16)17/h4-6H,1-3H3,(H,13,15). The highest BCUT2D eigenvalue weighted by Crippen LogP contribution is 2.27. The summed E-state index contributed by atoms with van der Waals surface area (Å²) in [4.78, 5) is 21.2. The molecule has 1 aromatic rings. The predicted octanol–water partition coefficient (Wildman–Crippen LogP) is 3.08. The van der Waals surface area contributed by atoms with E-state index in [-0.39, 0.29) is 5.69 Å². The Balaban J connectivity index is 2.95. The third-order valence-corrected chi connectivity index (χ3v) is 1.80. The minimum Gasteiger partial charge on any atom is -0.444 e. The number of anilines is 1. The van der Waals surface area contributed by atoms with Gasteiger partial charge in [0, 0.05) is 0 Å². The second-order valence-corrected chi connectivity index (χ2v) is 4.52. The summed E-state index contributed by atoms with van der Waals surface area (Å²) < 4.78 is 18.2. The molecule has 1 rings (SSSR count). The van der Waals surface area contributed by atoms with Crippen LogP contribution in [0.5, 0.6) is 0 Å². The van der Waals surface area contributed by atoms with Crippen LogP contribution in [-0.2, 0) is 4.74 Å². The van der Waals surface area contributed by atoms with Crippen LogP contribution in [0.3, 0.4) is 0 Å². The minimum absolute atomic E-state index is 0.241. The van der Waals surface area contributed by atoms with Gasteiger partial charge in [-0.3, -0.25) is 15.4 Å². The number of nitro benzene ring substituents is 1. The summed E-state index contributed by atoms with van der Waals surface area (Å²) in [5.41, 5.74) is -1.77. The van der Waals surface area contributed by atoms with Crippen molar-refractivity contribution in [3.8, 4) is 0 Å². The number of halogens is 1. The first-order valence-electron chi connectivity index (χ1n) is 5.13. The van der Waals surface area contributed by atoms with Crippen molar-refractivity contribution in [1.82, 2.24) is 0 Å². The van der Waals surface area contributed by atoms with Crippen molar-refractivity contribution in [1.29, 1.82) is 0 Å². The molecule has 7 heteroatoms. The zero-order chi connectivity index (χ0) is 13.9. The molecule has 6 nitrogen and oxygen atoms in total. The first-order valence-corrected chi connectivity index (χ1v) is 5.13. The van der Waals surface area contributed by atoms with E-state index in [1.54, 1.807) is 20.8 Å². The molecule has 0 unspecified atom stereocenters. The molecule has 1 amide bonds. The lowest BCUT2D eigenvalue weighted by molar-refractivity contribution is -0.386. The van der Waals surface area contributed by atoms with Crippen molar-refractivity contribution in [3.63, 3.8) is 0 Å². The lowest BCUT2D eigenvalue weighted by atomic mass is 10.2. The second kappa shape index (κ2) is 4.99. The topological polar surface area (TPSA) is 81.5 Å². The minimum atomic E-state index is -1.02. The number of carbonyl (C=O) groups excluding carboxylic acids is 1. The smallest absolute Gasteiger partial charge is 0.412 e. The van der Waals surface area contributed by atoms with Crippen LogP contribution >= 0.6 is 0 Å². The van der Waals surface area contributed by atoms with Crippen molar-refractivity contribution >= 4 is 17.5 Å². The van der Waals surface area contributed by atoms with Crippen molar-refractivity contribution < 1.29 is 18.8 Å². The second-order valence-electron chi connectivity index (χ2n) is 4.52. The Morgan fingerprint density at radius 3 is 2.56 bits per heavy atom. The molecule has 0 atom stereocenters. The summed E-state index contributed by atoms with van der Waals surface area (Å²) in [7, 11) is 0. The van der Waals surface area contributed by atoms with E-state index < -0.39 is 28.1 Å². The average Bonchev–Trinajstić information content (AvgIpc) is 2.13. The molecule has 0 saturated carbocycles. The molecule has 0 aromatic heterocycles. The molecule has 0 fully saturated rings. The van der Waals surface area contributed by atoms with Gasteiger partial charge in [-0.2, -0.15) is 4.39 Å². The van der Waals surface area contributed by atoms with E-state index in [0.29, 0.717) is 0 Å². The molecule has 0 saturated heterocycles. The number of nitro groups is 1. The van der Waals surface area contributed by atoms with Crippen LogP contribution in [0.2, 0.25) is 0 Å². The number of nitrogens with one attached hydrogen (secondary N) is 1. The van der Waals surface area contributed by atoms with Crippen LogP contribution in [-0.4, -0.2) is 16.6 Å². The summed E-state index contributed by atoms with van der Waals surface area (Å²) in [6, 6.07) is 3.43. The van der Waals surface area contributed by atoms with Crippen LogP contribution in [0.4, 0.5) is 20.6 Å². The molecule has 0 bridgehead atoms. The van der Waals surface area contributed by atoms with Gasteiger partial charge in [-0.25, -0.2) is 4.79 Å². The molecule has 0 aliphatic carbocycles. The third kappa shape index (κ3) is 3.69. The lowest BCUT2D eigenvalue weighted by Crippen LogP contribution is -2.27. The van der Waals surface area contributed by atoms with Gasteiger partial charge in [0.1, 0.15) is 11.3 Å². The third-order valence-electron chi connectivity index (χ3n) is 1.80. The number of carbonyl (C=O) groups is 1. The number of rotatable bonds is 2. The SMILES string of the molecule is CC(C)(C)OC(=O)Nc1cccc(F)c1[N+](=O)[O-]. The van der Waals surface area contributed by atoms with E-state index in [2.05, 4.69) is 5.32 Å². The first kappa shape index (κ1) is 13.9. The highest BCUT2D eigenvalue weighted by atomic mass is 19.1. The largest absolute Gasteiger partial charge is 0.444 e. The van der Waals surface area contributed by atoms with E-state index in [0.717, 1.165) is 6.07 Å². The fourth-order valence-corrected chi connectivity index (χ4v) is 1.22. The van der Waals surface area contributed by atoms with Gasteiger partial charge < -0.3 is 4.74 Å². The van der Waals surface area contributed by atoms with Gasteiger partial charge in [0.05, 0.1) is 4.92 Å². The normalized spacial score (nSPS) is 10.9. The van der Waals surface area contributed by atoms with Gasteiger partial charge in [0.25, 0.3) is 0 Å². The van der Waals surface area contributed by atoms with Crippen LogP contribution in [0.15, 0.2) is 18.2 Å². The summed E-state index contributed by atoms with van der Waals surface area (Å²) in [6.45, 7) is 4.94. The number of hydrogen-bond acceptors (Lipinski definition) is 4. The van der Waals surface area contributed by atoms with Crippen molar-refractivity contribution in [2.45, 2.75) is 26.4 Å². The molecule has 0 heterocycles. The summed E-state index contributed by atoms with van der Waals surface area (Å²) in [6.07, 6.45) is -0.879. The van der Waals surface area contributed by atoms with Crippen molar-refractivity contribution in [2.75, 3.05) is 5.32 Å². The Morgan fingerprint density at radius 1 is 1.44 bits per heavy atom. The van der Waals surface area contributed by atoms with Crippen molar-refractivity contribution in [3.05, 3.63) is 34.1 Å². The molecule has 98 valence electrons. The van der Waals surface area contributed by atoms with Gasteiger partial charge in [-0.05, 0) is 32.9 Å². The maximum Gasteiger partial charge on any atom is 0.412 e. The molecule has 0 aliphatic heterocycles. The Morgan fingerprint density at radius 2 is 2.06 bits per heavy atom. The summed E-state index contributed by atoms with van der Waals surface area (Å²) in [5, 5.41) is 12.8. The van der Waals surface area contributed by atoms with Crippen LogP contribution in [0.1, 0.15) is 20.8 Å². The van der Waals surface area contributed by atoms with Crippen LogP contribution in [0, 0.1) is 15.9 Å². The highest BCUT2D eigenvalue weighted by molar-refractivity contribution is 5.88. The molecule has 0 spiro atoms. The van der Waals surface area contributed by atoms with Crippen molar-refractivity contribution in [2.24, 2.45) is 0 Å². The van der Waals surface area contributed by atoms with Gasteiger partial charge in [0.15, 0.2) is 0 Å². The van der Waals surface area contributed by atoms with Gasteiger partial charge in [-0.1, -0.05) is 6.07 Å². The number of hydrogen-bond donors (Lipinski definition) is 1. The predicted molar refractivity (Wildman–Crippen MR) is 62.9 cm³/mol. The maximum atomic E-state index is 13.3. The highest BCUT2D eigenvalue weighted by Gasteiger charge is 2.23. The zero-order valence-electron chi connectivity index (χ0n) is 10.2. The lowest BCUT2D eigenvalue weighted by Gasteiger charge is -2.19. The van der Waals surface area contributed by atoms with Gasteiger partial charge in [0.2, 0.25) is 5.82 Å². The van der Waals surface area contributed by atoms with Gasteiger partial charge >= 0.3 is 11.8 Å². The van der Waals surface area contributed by atoms with Gasteiger partial charge in [-0.15, -0.1) is 0 Å². The quantitative estimate of drug-likeness (QED) is 0.651. The average molecular weight is 256 g/mol. The molecular weight excluding hydrogens is 243 g/mol. The molecule has 1 N–H and O–H groups in total. The Bertz CT molecular complexity index is 482. The Hall–Kier alpha value is -2.18. The number of para-hydroxylation sites is 1. The van der Waals surface area contributed by atoms with Crippen LogP contribution < -0.4 is 5.32 Å². The van der Waals surface area contributed by atoms with E-state index in [1.165, 1.54) is 12.1 Å². The molecule has 0 radical (unpaired) electrons. The van der Waals surface area contributed by atoms with E-state index >= 15 is 0 Å². The summed E-state index contributed by atoms with van der Waals surface area (Å²) >= 11 is 0. The van der Waals surface area contributed by atoms with E-state index in [9.17, 15) is 19.3 Å². The fraction of sp³-hybridized carbons (Fsp3) is 0.364. The van der Waals surface area contributed by atoms with E-state index in [4.69, 9.17) is 4.74 Å². The molecule has 0 aliphatic rings. The fourth-order valence-electron chi connectivity index (χ4n) is 1.22. The first-order chi connectivity index (χ1) is 8.20. The summed E-state index contributed by atoms with van der Waals surface area (Å²) in [5.74, 6) is -1.02. The Labute approximate surface area is 103 Å². The molecule has 1 aromatic carbocycles. The molecule has 18 heavy (non-hydrogen) atoms. The van der Waals surface area contributed by atoms with Crippen LogP contribution in [0.25, 0.3) is 0 Å². The number of nitrogens with zero attached hydrogens (tertiary/aromatic N) is 1. The number of ether oxygens (including phenoxy) is 1.